The topological polar surface area (TPSA) is 47.6 Å². The molecule has 0 radical (unpaired) electrons. The minimum absolute atomic E-state index is 0.255. The molecule has 0 aromatic heterocycles. The molecule has 1 N–H and O–H groups in total. The number of halogens is 3. The Balaban J connectivity index is 2.65. The normalized spacial score (nSPS) is 11.1. The van der Waals surface area contributed by atoms with Gasteiger partial charge in [0.15, 0.2) is 6.61 Å². The van der Waals surface area contributed by atoms with Crippen LogP contribution in [0.15, 0.2) is 24.3 Å². The minimum atomic E-state index is -4.52. The molecule has 0 saturated heterocycles. The lowest BCUT2D eigenvalue weighted by Gasteiger charge is -2.13. The van der Waals surface area contributed by atoms with Gasteiger partial charge in [0.05, 0.1) is 12.2 Å². The fraction of sp³-hybridized carbons (Fsp3) is 0.364. The van der Waals surface area contributed by atoms with Crippen molar-refractivity contribution < 1.29 is 27.5 Å². The third-order valence-corrected chi connectivity index (χ3v) is 1.88. The van der Waals surface area contributed by atoms with Crippen molar-refractivity contribution in [2.24, 2.45) is 0 Å². The van der Waals surface area contributed by atoms with Crippen LogP contribution in [-0.2, 0) is 15.8 Å². The van der Waals surface area contributed by atoms with Gasteiger partial charge in [-0.1, -0.05) is 12.1 Å². The number of alkyl halides is 3. The van der Waals surface area contributed by atoms with Crippen molar-refractivity contribution in [1.82, 2.24) is 5.48 Å². The van der Waals surface area contributed by atoms with Crippen LogP contribution in [0.25, 0.3) is 0 Å². The molecule has 100 valence electrons. The van der Waals surface area contributed by atoms with Crippen LogP contribution in [0.3, 0.4) is 0 Å². The predicted molar refractivity (Wildman–Crippen MR) is 56.7 cm³/mol. The molecule has 7 heteroatoms. The molecule has 0 heterocycles. The summed E-state index contributed by atoms with van der Waals surface area (Å²) >= 11 is 0. The van der Waals surface area contributed by atoms with E-state index in [1.165, 1.54) is 12.1 Å². The molecule has 0 unspecified atom stereocenters. The van der Waals surface area contributed by atoms with Gasteiger partial charge in [-0.05, 0) is 19.1 Å². The quantitative estimate of drug-likeness (QED) is 0.828. The van der Waals surface area contributed by atoms with Crippen LogP contribution >= 0.6 is 0 Å². The minimum Gasteiger partial charge on any atom is -0.483 e. The smallest absolute Gasteiger partial charge is 0.419 e. The molecule has 0 fully saturated rings. The Morgan fingerprint density at radius 3 is 2.61 bits per heavy atom. The van der Waals surface area contributed by atoms with Crippen LogP contribution in [0.1, 0.15) is 12.5 Å². The highest BCUT2D eigenvalue weighted by Gasteiger charge is 2.34. The number of carbonyl (C=O) groups is 1. The van der Waals surface area contributed by atoms with Crippen LogP contribution in [0.5, 0.6) is 5.75 Å². The number of hydrogen-bond acceptors (Lipinski definition) is 3. The number of ether oxygens (including phenoxy) is 1. The van der Waals surface area contributed by atoms with E-state index in [0.29, 0.717) is 0 Å². The van der Waals surface area contributed by atoms with E-state index >= 15 is 0 Å². The van der Waals surface area contributed by atoms with Crippen molar-refractivity contribution in [2.45, 2.75) is 13.1 Å². The summed E-state index contributed by atoms with van der Waals surface area (Å²) < 4.78 is 42.5. The summed E-state index contributed by atoms with van der Waals surface area (Å²) in [5, 5.41) is 0. The Morgan fingerprint density at radius 1 is 1.33 bits per heavy atom. The predicted octanol–water partition coefficient (Wildman–Crippen LogP) is 2.15. The second kappa shape index (κ2) is 6.25. The maximum atomic E-state index is 12.6. The van der Waals surface area contributed by atoms with Crippen molar-refractivity contribution >= 4 is 5.91 Å². The largest absolute Gasteiger partial charge is 0.483 e. The maximum Gasteiger partial charge on any atom is 0.419 e. The SMILES string of the molecule is CCONC(=O)COc1ccccc1C(F)(F)F. The van der Waals surface area contributed by atoms with Crippen LogP contribution in [0.4, 0.5) is 13.2 Å². The molecule has 0 bridgehead atoms. The summed E-state index contributed by atoms with van der Waals surface area (Å²) in [5.74, 6) is -1.05. The Labute approximate surface area is 102 Å². The number of hydroxylamine groups is 1. The molecule has 1 aromatic rings. The Bertz CT molecular complexity index is 407. The number of hydrogen-bond donors (Lipinski definition) is 1. The lowest BCUT2D eigenvalue weighted by Crippen LogP contribution is -2.29. The van der Waals surface area contributed by atoms with Crippen molar-refractivity contribution in [3.8, 4) is 5.75 Å². The lowest BCUT2D eigenvalue weighted by atomic mass is 10.2. The molecule has 0 spiro atoms. The summed E-state index contributed by atoms with van der Waals surface area (Å²) in [7, 11) is 0. The zero-order valence-electron chi connectivity index (χ0n) is 9.58. The highest BCUT2D eigenvalue weighted by Crippen LogP contribution is 2.35. The van der Waals surface area contributed by atoms with E-state index in [9.17, 15) is 18.0 Å². The molecular formula is C11H12F3NO3. The molecule has 0 aliphatic rings. The van der Waals surface area contributed by atoms with Gasteiger partial charge in [0.2, 0.25) is 0 Å². The van der Waals surface area contributed by atoms with E-state index in [0.717, 1.165) is 12.1 Å². The van der Waals surface area contributed by atoms with Crippen molar-refractivity contribution in [3.05, 3.63) is 29.8 Å². The van der Waals surface area contributed by atoms with Gasteiger partial charge in [0.25, 0.3) is 5.91 Å². The number of carbonyl (C=O) groups excluding carboxylic acids is 1. The molecule has 1 amide bonds. The first-order valence-corrected chi connectivity index (χ1v) is 5.14. The van der Waals surface area contributed by atoms with Gasteiger partial charge in [-0.3, -0.25) is 9.63 Å². The van der Waals surface area contributed by atoms with E-state index in [1.54, 1.807) is 6.92 Å². The molecule has 0 saturated carbocycles. The summed E-state index contributed by atoms with van der Waals surface area (Å²) in [4.78, 5) is 15.7. The molecular weight excluding hydrogens is 251 g/mol. The van der Waals surface area contributed by atoms with E-state index in [1.807, 2.05) is 5.48 Å². The summed E-state index contributed by atoms with van der Waals surface area (Å²) in [6, 6.07) is 4.67. The fourth-order valence-corrected chi connectivity index (χ4v) is 1.15. The molecule has 0 atom stereocenters. The Hall–Kier alpha value is -1.76. The zero-order chi connectivity index (χ0) is 13.6. The second-order valence-electron chi connectivity index (χ2n) is 3.24. The third kappa shape index (κ3) is 4.25. The maximum absolute atomic E-state index is 12.6. The first-order chi connectivity index (χ1) is 8.45. The van der Waals surface area contributed by atoms with Gasteiger partial charge in [0.1, 0.15) is 5.75 Å². The van der Waals surface area contributed by atoms with E-state index < -0.39 is 30.0 Å². The third-order valence-electron chi connectivity index (χ3n) is 1.88. The number of amides is 1. The lowest BCUT2D eigenvalue weighted by molar-refractivity contribution is -0.141. The molecule has 0 aliphatic heterocycles. The monoisotopic (exact) mass is 263 g/mol. The molecule has 1 aromatic carbocycles. The summed E-state index contributed by atoms with van der Waals surface area (Å²) in [6.07, 6.45) is -4.52. The first-order valence-electron chi connectivity index (χ1n) is 5.14. The van der Waals surface area contributed by atoms with E-state index in [4.69, 9.17) is 4.74 Å². The average Bonchev–Trinajstić information content (AvgIpc) is 2.33. The van der Waals surface area contributed by atoms with Crippen molar-refractivity contribution in [2.75, 3.05) is 13.2 Å². The first kappa shape index (κ1) is 14.3. The molecule has 4 nitrogen and oxygen atoms in total. The second-order valence-corrected chi connectivity index (χ2v) is 3.24. The van der Waals surface area contributed by atoms with Crippen LogP contribution in [0.2, 0.25) is 0 Å². The zero-order valence-corrected chi connectivity index (χ0v) is 9.58. The summed E-state index contributed by atoms with van der Waals surface area (Å²) in [6.45, 7) is 1.36. The summed E-state index contributed by atoms with van der Waals surface area (Å²) in [5.41, 5.74) is 1.09. The van der Waals surface area contributed by atoms with Crippen LogP contribution in [0, 0.1) is 0 Å². The van der Waals surface area contributed by atoms with Crippen LogP contribution in [-0.4, -0.2) is 19.1 Å². The Morgan fingerprint density at radius 2 is 2.00 bits per heavy atom. The standard InChI is InChI=1S/C11H12F3NO3/c1-2-18-15-10(16)7-17-9-6-4-3-5-8(9)11(12,13)14/h3-6H,2,7H2,1H3,(H,15,16). The van der Waals surface area contributed by atoms with Gasteiger partial charge in [-0.15, -0.1) is 0 Å². The highest BCUT2D eigenvalue weighted by molar-refractivity contribution is 5.76. The van der Waals surface area contributed by atoms with Crippen LogP contribution < -0.4 is 10.2 Å². The number of para-hydroxylation sites is 1. The van der Waals surface area contributed by atoms with Crippen molar-refractivity contribution in [3.63, 3.8) is 0 Å². The van der Waals surface area contributed by atoms with Gasteiger partial charge < -0.3 is 4.74 Å². The molecule has 1 rings (SSSR count). The number of rotatable bonds is 5. The van der Waals surface area contributed by atoms with E-state index in [2.05, 4.69) is 4.84 Å². The van der Waals surface area contributed by atoms with Gasteiger partial charge in [-0.25, -0.2) is 5.48 Å². The number of nitrogens with one attached hydrogen (secondary N) is 1. The van der Waals surface area contributed by atoms with Gasteiger partial charge in [-0.2, -0.15) is 13.2 Å². The molecule has 0 aliphatic carbocycles. The number of benzene rings is 1. The highest BCUT2D eigenvalue weighted by atomic mass is 19.4. The fourth-order valence-electron chi connectivity index (χ4n) is 1.15. The Kier molecular flexibility index (Phi) is 4.96. The average molecular weight is 263 g/mol. The van der Waals surface area contributed by atoms with E-state index in [-0.39, 0.29) is 6.61 Å². The molecule has 18 heavy (non-hydrogen) atoms. The van der Waals surface area contributed by atoms with Crippen molar-refractivity contribution in [1.29, 1.82) is 0 Å². The van der Waals surface area contributed by atoms with Gasteiger partial charge in [0, 0.05) is 0 Å². The van der Waals surface area contributed by atoms with Gasteiger partial charge >= 0.3 is 6.18 Å².